The SMILES string of the molecule is Cc1c(-n2c3ccccc3c[n+]2C)cc(C(C)(C)C)cc1-[n+]1cccnc1C.Cc1cc(-n2c3ccccc3c[n+]2C)c(C)c(-[n+]2cccnc2C)c1.Cc1cc(C)c(-[n+]2cccnc2C)c(C)c1-n1c2ccccc2c[n+]1C.[C-]#[N+]c1cc(-n2c3ccccc3c[n+]2C)c(C)c(-[n+]2cccnc2C)c1. The molecule has 0 aliphatic heterocycles. The quantitative estimate of drug-likeness (QED) is 0.112. The largest absolute Gasteiger partial charge is 0.300 e. The number of hydrogen-bond acceptors (Lipinski definition) is 4. The fourth-order valence-electron chi connectivity index (χ4n) is 14.8. The highest BCUT2D eigenvalue weighted by Gasteiger charge is 2.29. The van der Waals surface area contributed by atoms with Crippen LogP contribution < -0.4 is 37.0 Å². The second-order valence-electron chi connectivity index (χ2n) is 28.3. The first-order valence-electron chi connectivity index (χ1n) is 35.5. The summed E-state index contributed by atoms with van der Waals surface area (Å²) in [7, 11) is 8.31. The second-order valence-corrected chi connectivity index (χ2v) is 28.3. The predicted octanol–water partition coefficient (Wildman–Crippen LogP) is 13.7. The van der Waals surface area contributed by atoms with Gasteiger partial charge in [0.05, 0.1) is 28.1 Å². The van der Waals surface area contributed by atoms with Gasteiger partial charge in [-0.1, -0.05) is 89.2 Å². The molecule has 8 heterocycles. The van der Waals surface area contributed by atoms with Crippen LogP contribution in [0.3, 0.4) is 0 Å². The Balaban J connectivity index is 0.000000124. The first-order valence-corrected chi connectivity index (χ1v) is 35.5. The fraction of sp³-hybridized carbons (Fsp3) is 0.216. The van der Waals surface area contributed by atoms with Crippen molar-refractivity contribution in [2.75, 3.05) is 0 Å². The molecule has 8 aromatic carbocycles. The molecule has 0 saturated carbocycles. The van der Waals surface area contributed by atoms with Crippen molar-refractivity contribution in [2.45, 2.75) is 102 Å². The average Bonchev–Trinajstić information content (AvgIpc) is 1.74. The highest BCUT2D eigenvalue weighted by atomic mass is 15.4. The lowest BCUT2D eigenvalue weighted by Crippen LogP contribution is -2.40. The van der Waals surface area contributed by atoms with E-state index in [0.717, 1.165) is 51.1 Å². The summed E-state index contributed by atoms with van der Waals surface area (Å²) >= 11 is 0. The molecular formula is C88H93N17+8. The minimum absolute atomic E-state index is 0.0371. The molecule has 0 N–H and O–H groups in total. The minimum Gasteiger partial charge on any atom is -0.238 e. The van der Waals surface area contributed by atoms with Crippen LogP contribution in [0, 0.1) is 82.7 Å². The smallest absolute Gasteiger partial charge is 0.238 e. The number of hydrogen-bond donors (Lipinski definition) is 0. The third kappa shape index (κ3) is 13.7. The van der Waals surface area contributed by atoms with Gasteiger partial charge in [-0.25, -0.2) is 18.5 Å². The molecule has 0 unspecified atom stereocenters. The zero-order valence-electron chi connectivity index (χ0n) is 63.6. The summed E-state index contributed by atoms with van der Waals surface area (Å²) in [5.74, 6) is 3.81. The standard InChI is InChI=1S/C24H28N4.C22H24N4.C21H19N5.C21H22N4/c1-17-22(27-13-9-12-25-18(27)2)14-20(24(3,4)5)15-23(17)28-21-11-8-7-10-19(21)16-26(28)6;1-15-13-16(2)22(17(3)21(15)25-12-8-11-23-18(25)4)26-20-10-7-6-9-19(20)14-24(26)5;1-15-20(25-11-7-10-23-16(25)2)12-18(22-3)13-21(15)26-19-9-6-5-8-17(19)14-24(26)4;1-15-12-20(24-11-7-10-22-17(24)3)16(2)21(13-15)25-19-9-6-5-8-18(19)14-23(25)4/h7-16H,1-6H3;6-14H,1-5H3;5-14H,1-2,4H3;5-14H,1-4H3/q4*+2. The van der Waals surface area contributed by atoms with Gasteiger partial charge in [-0.15, -0.1) is 37.5 Å². The molecule has 16 rings (SSSR count). The summed E-state index contributed by atoms with van der Waals surface area (Å²) in [5, 5.41) is 4.87. The lowest BCUT2D eigenvalue weighted by atomic mass is 9.85. The summed E-state index contributed by atoms with van der Waals surface area (Å²) in [6.45, 7) is 37.6. The van der Waals surface area contributed by atoms with E-state index in [9.17, 15) is 0 Å². The van der Waals surface area contributed by atoms with Gasteiger partial charge in [0.15, 0.2) is 33.9 Å². The van der Waals surface area contributed by atoms with Crippen molar-refractivity contribution in [1.29, 1.82) is 0 Å². The maximum atomic E-state index is 7.55. The van der Waals surface area contributed by atoms with Crippen LogP contribution in [0.15, 0.2) is 238 Å². The van der Waals surface area contributed by atoms with Crippen molar-refractivity contribution in [3.63, 3.8) is 0 Å². The molecule has 105 heavy (non-hydrogen) atoms. The van der Waals surface area contributed by atoms with Gasteiger partial charge in [0, 0.05) is 74.2 Å². The van der Waals surface area contributed by atoms with E-state index in [4.69, 9.17) is 6.57 Å². The Labute approximate surface area is 615 Å². The molecule has 17 nitrogen and oxygen atoms in total. The second kappa shape index (κ2) is 29.1. The Morgan fingerprint density at radius 3 is 1.09 bits per heavy atom. The highest BCUT2D eigenvalue weighted by molar-refractivity contribution is 5.83. The van der Waals surface area contributed by atoms with Crippen molar-refractivity contribution < 1.29 is 37.0 Å². The molecule has 0 amide bonds. The lowest BCUT2D eigenvalue weighted by molar-refractivity contribution is -0.742. The van der Waals surface area contributed by atoms with E-state index in [-0.39, 0.29) is 5.41 Å². The first kappa shape index (κ1) is 70.9. The van der Waals surface area contributed by atoms with Crippen LogP contribution in [0.4, 0.5) is 5.69 Å². The van der Waals surface area contributed by atoms with Crippen molar-refractivity contribution >= 4 is 49.3 Å². The third-order valence-electron chi connectivity index (χ3n) is 19.9. The molecule has 0 bridgehead atoms. The van der Waals surface area contributed by atoms with Crippen LogP contribution in [0.5, 0.6) is 0 Å². The van der Waals surface area contributed by atoms with Crippen LogP contribution in [0.1, 0.15) is 88.6 Å². The lowest BCUT2D eigenvalue weighted by Gasteiger charge is -2.22. The Bertz CT molecular complexity index is 6070. The van der Waals surface area contributed by atoms with Gasteiger partial charge >= 0.3 is 0 Å². The van der Waals surface area contributed by atoms with Gasteiger partial charge in [0.2, 0.25) is 24.8 Å². The number of benzene rings is 8. The third-order valence-corrected chi connectivity index (χ3v) is 19.9. The van der Waals surface area contributed by atoms with Gasteiger partial charge in [-0.2, -0.15) is 4.57 Å². The van der Waals surface area contributed by atoms with Crippen molar-refractivity contribution in [3.05, 3.63) is 317 Å². The van der Waals surface area contributed by atoms with E-state index in [1.165, 1.54) is 106 Å². The molecule has 0 aliphatic carbocycles. The number of para-hydroxylation sites is 4. The normalized spacial score (nSPS) is 11.3. The number of rotatable bonds is 8. The zero-order chi connectivity index (χ0) is 74.3. The molecule has 0 saturated heterocycles. The van der Waals surface area contributed by atoms with Gasteiger partial charge in [0.25, 0.3) is 23.3 Å². The Hall–Kier alpha value is -12.6. The predicted molar refractivity (Wildman–Crippen MR) is 412 cm³/mol. The topological polar surface area (TPSA) is 107 Å². The summed E-state index contributed by atoms with van der Waals surface area (Å²) < 4.78 is 26.1. The Kier molecular flexibility index (Phi) is 19.6. The van der Waals surface area contributed by atoms with E-state index in [1.54, 1.807) is 6.20 Å². The molecule has 17 heteroatoms. The monoisotopic (exact) mass is 1390 g/mol. The maximum Gasteiger partial charge on any atom is 0.300 e. The number of nitrogens with zero attached hydrogens (tertiary/aromatic N) is 17. The molecule has 522 valence electrons. The molecule has 0 spiro atoms. The van der Waals surface area contributed by atoms with Crippen molar-refractivity contribution in [3.8, 4) is 45.5 Å². The van der Waals surface area contributed by atoms with Gasteiger partial charge in [-0.3, -0.25) is 0 Å². The molecule has 0 radical (unpaired) electrons. The van der Waals surface area contributed by atoms with Crippen LogP contribution in [0.2, 0.25) is 0 Å². The fourth-order valence-corrected chi connectivity index (χ4v) is 14.8. The first-order chi connectivity index (χ1) is 50.4. The zero-order valence-corrected chi connectivity index (χ0v) is 63.6. The van der Waals surface area contributed by atoms with Crippen LogP contribution in [-0.4, -0.2) is 38.7 Å². The Morgan fingerprint density at radius 1 is 0.352 bits per heavy atom. The molecule has 16 aromatic rings. The minimum atomic E-state index is 0.0371. The van der Waals surface area contributed by atoms with Crippen LogP contribution in [-0.2, 0) is 33.6 Å². The maximum absolute atomic E-state index is 7.55. The van der Waals surface area contributed by atoms with Crippen molar-refractivity contribution in [2.24, 2.45) is 28.2 Å². The van der Waals surface area contributed by atoms with E-state index >= 15 is 0 Å². The number of aryl methyl sites for hydroxylation is 11. The van der Waals surface area contributed by atoms with Crippen LogP contribution in [0.25, 0.3) is 94.0 Å². The summed E-state index contributed by atoms with van der Waals surface area (Å²) in [6, 6.07) is 56.9. The summed E-state index contributed by atoms with van der Waals surface area (Å²) in [4.78, 5) is 21.5. The Morgan fingerprint density at radius 2 is 0.695 bits per heavy atom. The molecule has 0 fully saturated rings. The molecule has 0 aliphatic rings. The van der Waals surface area contributed by atoms with E-state index in [2.05, 4.69) is 325 Å². The van der Waals surface area contributed by atoms with E-state index in [1.807, 2.05) is 113 Å². The highest BCUT2D eigenvalue weighted by Crippen LogP contribution is 2.33. The average molecular weight is 1390 g/mol. The van der Waals surface area contributed by atoms with E-state index < -0.39 is 0 Å². The number of fused-ring (bicyclic) bond motifs is 4. The van der Waals surface area contributed by atoms with Gasteiger partial charge in [0.1, 0.15) is 117 Å². The van der Waals surface area contributed by atoms with E-state index in [0.29, 0.717) is 5.69 Å². The van der Waals surface area contributed by atoms with Gasteiger partial charge < -0.3 is 0 Å². The summed E-state index contributed by atoms with van der Waals surface area (Å²) in [5.41, 5.74) is 24.3. The molecule has 8 aromatic heterocycles. The van der Waals surface area contributed by atoms with Crippen molar-refractivity contribution in [1.82, 2.24) is 38.7 Å². The summed E-state index contributed by atoms with van der Waals surface area (Å²) in [6.07, 6.45) is 24.1. The molecular weight excluding hydrogens is 1300 g/mol. The molecule has 0 atom stereocenters. The number of aromatic nitrogens is 16. The van der Waals surface area contributed by atoms with Gasteiger partial charge in [-0.05, 0) is 167 Å². The van der Waals surface area contributed by atoms with Crippen LogP contribution >= 0.6 is 0 Å².